The maximum Gasteiger partial charge on any atom is 0.125 e. The minimum atomic E-state index is -0.679. The highest BCUT2D eigenvalue weighted by atomic mass is 79.9. The van der Waals surface area contributed by atoms with Gasteiger partial charge in [0.05, 0.1) is 10.9 Å². The second-order valence-corrected chi connectivity index (χ2v) is 7.61. The highest BCUT2D eigenvalue weighted by Crippen LogP contribution is 2.39. The Morgan fingerprint density at radius 1 is 1.16 bits per heavy atom. The Hall–Kier alpha value is -0.360. The first-order valence-electron chi connectivity index (χ1n) is 5.72. The van der Waals surface area contributed by atoms with Gasteiger partial charge in [0.15, 0.2) is 0 Å². The van der Waals surface area contributed by atoms with Gasteiger partial charge < -0.3 is 9.84 Å². The molecule has 0 fully saturated rings. The van der Waals surface area contributed by atoms with Gasteiger partial charge in [-0.25, -0.2) is 0 Å². The van der Waals surface area contributed by atoms with Crippen molar-refractivity contribution in [1.82, 2.24) is 0 Å². The summed E-state index contributed by atoms with van der Waals surface area (Å²) in [6.07, 6.45) is -0.679. The summed E-state index contributed by atoms with van der Waals surface area (Å²) in [5.74, 6) is 0.704. The van der Waals surface area contributed by atoms with Crippen molar-refractivity contribution in [3.8, 4) is 5.75 Å². The van der Waals surface area contributed by atoms with E-state index >= 15 is 0 Å². The van der Waals surface area contributed by atoms with E-state index in [0.29, 0.717) is 5.75 Å². The van der Waals surface area contributed by atoms with Crippen LogP contribution in [0, 0.1) is 13.8 Å². The van der Waals surface area contributed by atoms with Gasteiger partial charge in [-0.05, 0) is 59.1 Å². The van der Waals surface area contributed by atoms with Crippen LogP contribution in [0.4, 0.5) is 0 Å². The van der Waals surface area contributed by atoms with Gasteiger partial charge in [0.25, 0.3) is 0 Å². The van der Waals surface area contributed by atoms with E-state index in [4.69, 9.17) is 4.74 Å². The minimum Gasteiger partial charge on any atom is -0.496 e. The molecule has 0 spiro atoms. The van der Waals surface area contributed by atoms with Crippen LogP contribution in [0.15, 0.2) is 26.5 Å². The zero-order chi connectivity index (χ0) is 14.2. The van der Waals surface area contributed by atoms with E-state index in [1.165, 1.54) is 0 Å². The van der Waals surface area contributed by atoms with E-state index in [-0.39, 0.29) is 0 Å². The van der Waals surface area contributed by atoms with E-state index in [1.807, 2.05) is 32.0 Å². The molecule has 1 aromatic heterocycles. The first-order valence-corrected chi connectivity index (χ1v) is 8.12. The fourth-order valence-corrected chi connectivity index (χ4v) is 3.77. The average molecular weight is 406 g/mol. The summed E-state index contributed by atoms with van der Waals surface area (Å²) < 4.78 is 7.39. The van der Waals surface area contributed by atoms with Crippen LogP contribution in [0.1, 0.15) is 27.7 Å². The molecule has 102 valence electrons. The Kier molecular flexibility index (Phi) is 4.71. The molecule has 2 nitrogen and oxygen atoms in total. The molecule has 0 aliphatic carbocycles. The zero-order valence-corrected chi connectivity index (χ0v) is 14.8. The second-order valence-electron chi connectivity index (χ2n) is 4.35. The number of ether oxygens (including phenoxy) is 1. The standard InChI is InChI=1S/C14H14Br2O2S/c1-7-4-11(18-3)9(6-10(7)15)13(17)12-5-8(2)14(16)19-12/h4-6,13,17H,1-3H3. The Labute approximate surface area is 133 Å². The number of aliphatic hydroxyl groups is 1. The third-order valence-corrected chi connectivity index (χ3v) is 5.99. The van der Waals surface area contributed by atoms with Crippen LogP contribution in [0.3, 0.4) is 0 Å². The van der Waals surface area contributed by atoms with Crippen molar-refractivity contribution in [2.75, 3.05) is 7.11 Å². The van der Waals surface area contributed by atoms with E-state index in [0.717, 1.165) is 29.8 Å². The molecule has 1 heterocycles. The maximum absolute atomic E-state index is 10.5. The fraction of sp³-hybridized carbons (Fsp3) is 0.286. The van der Waals surface area contributed by atoms with Crippen molar-refractivity contribution >= 4 is 43.2 Å². The SMILES string of the molecule is COc1cc(C)c(Br)cc1C(O)c1cc(C)c(Br)s1. The molecule has 2 rings (SSSR count). The first kappa shape index (κ1) is 15.0. The molecular weight excluding hydrogens is 392 g/mol. The Bertz CT molecular complexity index is 588. The molecule has 1 N–H and O–H groups in total. The lowest BCUT2D eigenvalue weighted by Crippen LogP contribution is -2.01. The van der Waals surface area contributed by atoms with Gasteiger partial charge in [-0.3, -0.25) is 0 Å². The topological polar surface area (TPSA) is 29.5 Å². The number of halogens is 2. The molecule has 1 aromatic carbocycles. The molecule has 1 unspecified atom stereocenters. The lowest BCUT2D eigenvalue weighted by atomic mass is 10.0. The maximum atomic E-state index is 10.5. The molecule has 2 aromatic rings. The Morgan fingerprint density at radius 3 is 2.37 bits per heavy atom. The summed E-state index contributed by atoms with van der Waals surface area (Å²) in [6, 6.07) is 5.84. The molecule has 1 atom stereocenters. The van der Waals surface area contributed by atoms with E-state index in [9.17, 15) is 5.11 Å². The molecule has 5 heteroatoms. The van der Waals surface area contributed by atoms with Crippen molar-refractivity contribution in [1.29, 1.82) is 0 Å². The van der Waals surface area contributed by atoms with Gasteiger partial charge in [-0.1, -0.05) is 15.9 Å². The van der Waals surface area contributed by atoms with E-state index in [1.54, 1.807) is 18.4 Å². The Morgan fingerprint density at radius 2 is 1.84 bits per heavy atom. The lowest BCUT2D eigenvalue weighted by Gasteiger charge is -2.15. The van der Waals surface area contributed by atoms with Crippen LogP contribution in [-0.2, 0) is 0 Å². The van der Waals surface area contributed by atoms with Crippen molar-refractivity contribution in [3.05, 3.63) is 48.0 Å². The van der Waals surface area contributed by atoms with Crippen LogP contribution < -0.4 is 4.74 Å². The van der Waals surface area contributed by atoms with E-state index in [2.05, 4.69) is 31.9 Å². The zero-order valence-electron chi connectivity index (χ0n) is 10.8. The van der Waals surface area contributed by atoms with Gasteiger partial charge in [-0.15, -0.1) is 11.3 Å². The summed E-state index contributed by atoms with van der Waals surface area (Å²) >= 11 is 8.53. The van der Waals surface area contributed by atoms with Crippen LogP contribution >= 0.6 is 43.2 Å². The van der Waals surface area contributed by atoms with Gasteiger partial charge >= 0.3 is 0 Å². The quantitative estimate of drug-likeness (QED) is 0.780. The highest BCUT2D eigenvalue weighted by Gasteiger charge is 2.19. The number of methoxy groups -OCH3 is 1. The van der Waals surface area contributed by atoms with Crippen molar-refractivity contribution in [2.45, 2.75) is 20.0 Å². The highest BCUT2D eigenvalue weighted by molar-refractivity contribution is 9.11. The third-order valence-electron chi connectivity index (χ3n) is 2.95. The summed E-state index contributed by atoms with van der Waals surface area (Å²) in [6.45, 7) is 4.01. The molecule has 19 heavy (non-hydrogen) atoms. The van der Waals surface area contributed by atoms with Gasteiger partial charge in [0, 0.05) is 14.9 Å². The number of thiophene rings is 1. The molecule has 0 amide bonds. The second kappa shape index (κ2) is 5.95. The first-order chi connectivity index (χ1) is 8.93. The fourth-order valence-electron chi connectivity index (χ4n) is 1.83. The molecule has 0 aliphatic rings. The number of aryl methyl sites for hydroxylation is 2. The minimum absolute atomic E-state index is 0.679. The molecule has 0 bridgehead atoms. The van der Waals surface area contributed by atoms with Crippen LogP contribution in [0.25, 0.3) is 0 Å². The summed E-state index contributed by atoms with van der Waals surface area (Å²) in [7, 11) is 1.62. The molecule has 0 saturated carbocycles. The normalized spacial score (nSPS) is 12.5. The number of hydrogen-bond acceptors (Lipinski definition) is 3. The third kappa shape index (κ3) is 3.05. The van der Waals surface area contributed by atoms with Gasteiger partial charge in [0.2, 0.25) is 0 Å². The van der Waals surface area contributed by atoms with Crippen LogP contribution in [0.2, 0.25) is 0 Å². The summed E-state index contributed by atoms with van der Waals surface area (Å²) in [4.78, 5) is 0.901. The van der Waals surface area contributed by atoms with Gasteiger partial charge in [0.1, 0.15) is 11.9 Å². The van der Waals surface area contributed by atoms with E-state index < -0.39 is 6.10 Å². The van der Waals surface area contributed by atoms with Crippen molar-refractivity contribution in [2.24, 2.45) is 0 Å². The molecule has 0 radical (unpaired) electrons. The predicted octanol–water partition coefficient (Wildman–Crippen LogP) is 4.98. The average Bonchev–Trinajstić information content (AvgIpc) is 2.71. The van der Waals surface area contributed by atoms with Crippen molar-refractivity contribution < 1.29 is 9.84 Å². The summed E-state index contributed by atoms with van der Waals surface area (Å²) in [5.41, 5.74) is 2.98. The monoisotopic (exact) mass is 404 g/mol. The Balaban J connectivity index is 2.48. The number of rotatable bonds is 3. The predicted molar refractivity (Wildman–Crippen MR) is 86.2 cm³/mol. The largest absolute Gasteiger partial charge is 0.496 e. The van der Waals surface area contributed by atoms with Crippen molar-refractivity contribution in [3.63, 3.8) is 0 Å². The summed E-state index contributed by atoms with van der Waals surface area (Å²) in [5, 5.41) is 10.5. The van der Waals surface area contributed by atoms with Crippen LogP contribution in [0.5, 0.6) is 5.75 Å². The molecule has 0 aliphatic heterocycles. The number of benzene rings is 1. The van der Waals surface area contributed by atoms with Gasteiger partial charge in [-0.2, -0.15) is 0 Å². The smallest absolute Gasteiger partial charge is 0.125 e. The molecule has 0 saturated heterocycles. The lowest BCUT2D eigenvalue weighted by molar-refractivity contribution is 0.218. The number of hydrogen-bond donors (Lipinski definition) is 1. The molecular formula is C14H14Br2O2S. The van der Waals surface area contributed by atoms with Crippen LogP contribution in [-0.4, -0.2) is 12.2 Å². The number of aliphatic hydroxyl groups excluding tert-OH is 1.